The molecule has 0 aliphatic heterocycles. The molecule has 0 atom stereocenters. The number of aryl methyl sites for hydroxylation is 2. The first-order valence-electron chi connectivity index (χ1n) is 18.2. The van der Waals surface area contributed by atoms with Gasteiger partial charge in [-0.3, -0.25) is 25.2 Å². The Kier molecular flexibility index (Phi) is 19.1. The molecule has 0 unspecified atom stereocenters. The summed E-state index contributed by atoms with van der Waals surface area (Å²) in [5.74, 6) is -0.0828. The molecule has 2 rings (SSSR count). The summed E-state index contributed by atoms with van der Waals surface area (Å²) < 4.78 is 0. The lowest BCUT2D eigenvalue weighted by atomic mass is 10.0. The van der Waals surface area contributed by atoms with E-state index < -0.39 is 0 Å². The Labute approximate surface area is 302 Å². The number of carbonyl (C=O) groups is 3. The van der Waals surface area contributed by atoms with Gasteiger partial charge in [0.05, 0.1) is 5.56 Å². The predicted molar refractivity (Wildman–Crippen MR) is 208 cm³/mol. The Bertz CT molecular complexity index is 1680. The van der Waals surface area contributed by atoms with Crippen LogP contribution in [0, 0.1) is 19.3 Å². The van der Waals surface area contributed by atoms with Gasteiger partial charge >= 0.3 is 0 Å². The number of likely N-dealkylation sites (N-methyl/N-ethyl adjacent to an activating group) is 1. The van der Waals surface area contributed by atoms with Crippen LogP contribution in [-0.2, 0) is 16.1 Å². The van der Waals surface area contributed by atoms with Gasteiger partial charge in [-0.15, -0.1) is 0 Å². The highest BCUT2D eigenvalue weighted by Gasteiger charge is 2.14. The Balaban J connectivity index is 2.05. The first-order chi connectivity index (χ1) is 24.4. The monoisotopic (exact) mass is 704 g/mol. The number of nitrogens with two attached hydrogens (primary N) is 1. The van der Waals surface area contributed by atoms with Crippen LogP contribution >= 0.6 is 0 Å². The van der Waals surface area contributed by atoms with Gasteiger partial charge in [-0.1, -0.05) is 38.2 Å². The zero-order valence-electron chi connectivity index (χ0n) is 31.5. The molecule has 0 spiro atoms. The molecule has 0 radical (unpaired) electrons. The maximum atomic E-state index is 13.6. The Hall–Kier alpha value is -4.71. The minimum Gasteiger partial charge on any atom is -0.404 e. The number of hydrazine groups is 1. The minimum atomic E-state index is -0.361. The van der Waals surface area contributed by atoms with Crippen molar-refractivity contribution in [3.8, 4) is 0 Å². The van der Waals surface area contributed by atoms with Gasteiger partial charge < -0.3 is 31.0 Å². The fourth-order valence-corrected chi connectivity index (χ4v) is 5.71. The van der Waals surface area contributed by atoms with Crippen molar-refractivity contribution >= 4 is 41.4 Å². The number of hydrogen-bond acceptors (Lipinski definition) is 8. The summed E-state index contributed by atoms with van der Waals surface area (Å²) in [6.45, 7) is 13.2. The molecule has 2 amide bonds. The van der Waals surface area contributed by atoms with Crippen LogP contribution < -0.4 is 43.2 Å². The molecule has 12 heteroatoms. The number of aldehydes is 1. The van der Waals surface area contributed by atoms with Crippen LogP contribution in [0.1, 0.15) is 113 Å². The smallest absolute Gasteiger partial charge is 0.253 e. The number of pyridine rings is 1. The summed E-state index contributed by atoms with van der Waals surface area (Å²) in [5, 5.41) is 16.3. The van der Waals surface area contributed by atoms with E-state index in [1.807, 2.05) is 64.7 Å². The number of unbranched alkanes of at least 4 members (excludes halogenated alkanes) is 7. The van der Waals surface area contributed by atoms with Crippen molar-refractivity contribution in [3.63, 3.8) is 0 Å². The molecule has 0 aliphatic rings. The van der Waals surface area contributed by atoms with Gasteiger partial charge in [-0.05, 0) is 95.0 Å². The molecule has 51 heavy (non-hydrogen) atoms. The highest BCUT2D eigenvalue weighted by atomic mass is 16.2. The zero-order chi connectivity index (χ0) is 37.8. The summed E-state index contributed by atoms with van der Waals surface area (Å²) in [6, 6.07) is 5.66. The van der Waals surface area contributed by atoms with Crippen molar-refractivity contribution in [1.82, 2.24) is 26.1 Å². The number of hydrogen-bond donors (Lipinski definition) is 7. The number of amides is 2. The van der Waals surface area contributed by atoms with Crippen molar-refractivity contribution in [2.45, 2.75) is 112 Å². The second-order valence-electron chi connectivity index (χ2n) is 13.2. The average molecular weight is 705 g/mol. The number of rotatable bonds is 22. The molecule has 1 aromatic carbocycles. The van der Waals surface area contributed by atoms with Crippen LogP contribution in [-0.4, -0.2) is 59.5 Å². The molecule has 0 saturated heterocycles. The molecule has 0 saturated carbocycles. The van der Waals surface area contributed by atoms with Crippen molar-refractivity contribution in [2.75, 3.05) is 25.0 Å². The number of allylic oxidation sites excluding steroid dienone is 1. The van der Waals surface area contributed by atoms with Crippen molar-refractivity contribution in [3.05, 3.63) is 73.5 Å². The normalized spacial score (nSPS) is 12.3. The van der Waals surface area contributed by atoms with Crippen molar-refractivity contribution < 1.29 is 14.4 Å². The van der Waals surface area contributed by atoms with Crippen LogP contribution in [0.15, 0.2) is 35.1 Å². The molecule has 2 aromatic rings. The van der Waals surface area contributed by atoms with E-state index in [1.165, 1.54) is 6.20 Å². The van der Waals surface area contributed by atoms with E-state index in [0.29, 0.717) is 60.3 Å². The third-order valence-electron chi connectivity index (χ3n) is 8.58. The van der Waals surface area contributed by atoms with Gasteiger partial charge in [0.2, 0.25) is 5.91 Å². The first-order valence-corrected chi connectivity index (χ1v) is 18.2. The summed E-state index contributed by atoms with van der Waals surface area (Å²) >= 11 is 0. The number of benzene rings is 1. The third-order valence-corrected chi connectivity index (χ3v) is 8.58. The quantitative estimate of drug-likeness (QED) is 0.0317. The third kappa shape index (κ3) is 15.0. The van der Waals surface area contributed by atoms with E-state index in [4.69, 9.17) is 11.1 Å². The van der Waals surface area contributed by atoms with Crippen LogP contribution in [0.25, 0.3) is 11.8 Å². The number of nitrogens with zero attached hydrogens (tertiary/aromatic N) is 1. The summed E-state index contributed by atoms with van der Waals surface area (Å²) in [7, 11) is 0. The lowest BCUT2D eigenvalue weighted by Crippen LogP contribution is -2.43. The number of nitrogens with one attached hydrogen (secondary N) is 6. The number of amidine groups is 1. The highest BCUT2D eigenvalue weighted by molar-refractivity contribution is 5.96. The van der Waals surface area contributed by atoms with Crippen LogP contribution in [0.2, 0.25) is 0 Å². The largest absolute Gasteiger partial charge is 0.404 e. The lowest BCUT2D eigenvalue weighted by molar-refractivity contribution is -0.122. The molecule has 8 N–H and O–H groups in total. The summed E-state index contributed by atoms with van der Waals surface area (Å²) in [5.41, 5.74) is 15.5. The molecule has 280 valence electrons. The topological polar surface area (TPSA) is 185 Å². The molecular weight excluding hydrogens is 644 g/mol. The average Bonchev–Trinajstić information content (AvgIpc) is 3.08. The molecule has 0 bridgehead atoms. The molecule has 0 fully saturated rings. The number of carbonyl (C=O) groups excluding carboxylic acids is 3. The number of aromatic nitrogens is 1. The van der Waals surface area contributed by atoms with Crippen LogP contribution in [0.3, 0.4) is 0 Å². The highest BCUT2D eigenvalue weighted by Crippen LogP contribution is 2.10. The summed E-state index contributed by atoms with van der Waals surface area (Å²) in [6.07, 6.45) is 14.4. The van der Waals surface area contributed by atoms with E-state index in [9.17, 15) is 19.2 Å². The van der Waals surface area contributed by atoms with Gasteiger partial charge in [0.15, 0.2) is 0 Å². The van der Waals surface area contributed by atoms with E-state index >= 15 is 0 Å². The van der Waals surface area contributed by atoms with E-state index in [0.717, 1.165) is 73.3 Å². The zero-order valence-corrected chi connectivity index (χ0v) is 31.5. The molecule has 12 nitrogen and oxygen atoms in total. The first kappa shape index (κ1) is 42.5. The number of H-pyrrole nitrogens is 1. The van der Waals surface area contributed by atoms with E-state index in [-0.39, 0.29) is 30.0 Å². The molecule has 1 heterocycles. The second kappa shape index (κ2) is 22.9. The molecule has 0 aliphatic carbocycles. The van der Waals surface area contributed by atoms with Gasteiger partial charge in [0.1, 0.15) is 12.1 Å². The Morgan fingerprint density at radius 2 is 1.71 bits per heavy atom. The number of anilines is 1. The van der Waals surface area contributed by atoms with E-state index in [2.05, 4.69) is 26.5 Å². The van der Waals surface area contributed by atoms with Crippen LogP contribution in [0.5, 0.6) is 0 Å². The molecular formula is C39H60N8O4. The van der Waals surface area contributed by atoms with Crippen molar-refractivity contribution in [1.29, 1.82) is 5.41 Å². The number of aromatic amines is 1. The van der Waals surface area contributed by atoms with Gasteiger partial charge in [0.25, 0.3) is 11.5 Å². The maximum absolute atomic E-state index is 13.6. The maximum Gasteiger partial charge on any atom is 0.253 e. The Morgan fingerprint density at radius 1 is 1.02 bits per heavy atom. The summed E-state index contributed by atoms with van der Waals surface area (Å²) in [4.78, 5) is 53.3. The standard InChI is InChI=1S/C39H60N8O4/c1-7-47(20-19-43-46-37(49)16-14-12-10-8-9-11-13-15-21-48)36(41)18-17-28(4)31-23-32(33(25-40)35(24-31)44-27(2)3)38(50)42-26-34-29(5)22-30(6)45-39(34)51/h17-18,21-25,27,41,43-44H,7-16,19-20,26,40H2,1-6H3,(H,42,50)(H,45,51)(H,46,49). The lowest BCUT2D eigenvalue weighted by Gasteiger charge is -2.22. The van der Waals surface area contributed by atoms with Crippen molar-refractivity contribution in [2.24, 2.45) is 5.73 Å². The fraction of sp³-hybridized carbons (Fsp3) is 0.513. The van der Waals surface area contributed by atoms with Gasteiger partial charge in [-0.25, -0.2) is 5.43 Å². The minimum absolute atomic E-state index is 0.0409. The predicted octanol–water partition coefficient (Wildman–Crippen LogP) is 3.80. The van der Waals surface area contributed by atoms with Gasteiger partial charge in [0, 0.05) is 73.4 Å². The molecule has 1 aromatic heterocycles. The SMILES string of the molecule is CCN(CCNNC(=O)CCCCCCCCCC=O)C(=N)C=CC(C)=c1cc(NC(C)C)c(=CN)c(C(=O)NCc2c(C)cc(C)[nH]c2=O)c1. The second-order valence-corrected chi connectivity index (χ2v) is 13.2. The van der Waals surface area contributed by atoms with Gasteiger partial charge in [-0.2, -0.15) is 0 Å². The fourth-order valence-electron chi connectivity index (χ4n) is 5.71. The Morgan fingerprint density at radius 3 is 2.33 bits per heavy atom. The van der Waals surface area contributed by atoms with E-state index in [1.54, 1.807) is 12.1 Å². The van der Waals surface area contributed by atoms with Crippen LogP contribution in [0.4, 0.5) is 5.69 Å².